The van der Waals surface area contributed by atoms with Gasteiger partial charge in [0.15, 0.2) is 0 Å². The first kappa shape index (κ1) is 16.1. The number of hydrogen-bond donors (Lipinski definition) is 1. The summed E-state index contributed by atoms with van der Waals surface area (Å²) in [6.07, 6.45) is 0. The molecule has 4 aromatic rings. The Kier molecular flexibility index (Phi) is 4.22. The molecule has 0 spiro atoms. The number of benzene rings is 3. The third-order valence-electron chi connectivity index (χ3n) is 4.22. The van der Waals surface area contributed by atoms with Crippen LogP contribution in [0, 0.1) is 11.3 Å². The Bertz CT molecular complexity index is 1150. The summed E-state index contributed by atoms with van der Waals surface area (Å²) in [5.74, 6) is -0.192. The van der Waals surface area contributed by atoms with E-state index in [4.69, 9.17) is 0 Å². The molecule has 1 heterocycles. The number of hydrogen-bond acceptors (Lipinski definition) is 3. The Balaban J connectivity index is 1.71. The fourth-order valence-electron chi connectivity index (χ4n) is 2.97. The van der Waals surface area contributed by atoms with Gasteiger partial charge in [0, 0.05) is 21.5 Å². The Morgan fingerprint density at radius 1 is 0.923 bits per heavy atom. The first-order chi connectivity index (χ1) is 12.8. The van der Waals surface area contributed by atoms with Gasteiger partial charge in [-0.15, -0.1) is 11.3 Å². The van der Waals surface area contributed by atoms with Crippen LogP contribution in [0.5, 0.6) is 0 Å². The van der Waals surface area contributed by atoms with Gasteiger partial charge in [0.25, 0.3) is 5.91 Å². The maximum Gasteiger partial charge on any atom is 0.256 e. The van der Waals surface area contributed by atoms with E-state index in [2.05, 4.69) is 11.4 Å². The lowest BCUT2D eigenvalue weighted by Crippen LogP contribution is -2.13. The van der Waals surface area contributed by atoms with E-state index in [-0.39, 0.29) is 5.91 Å². The minimum absolute atomic E-state index is 0.192. The number of carbonyl (C=O) groups is 1. The smallest absolute Gasteiger partial charge is 0.256 e. The predicted molar refractivity (Wildman–Crippen MR) is 106 cm³/mol. The SMILES string of the molecule is N#Cc1ccccc1-c1ccccc1C(=O)Nc1ccc2sccc2c1. The van der Waals surface area contributed by atoms with E-state index in [9.17, 15) is 10.1 Å². The molecule has 26 heavy (non-hydrogen) atoms. The largest absolute Gasteiger partial charge is 0.322 e. The number of fused-ring (bicyclic) bond motifs is 1. The van der Waals surface area contributed by atoms with Crippen molar-refractivity contribution in [2.45, 2.75) is 0 Å². The quantitative estimate of drug-likeness (QED) is 0.513. The second-order valence-corrected chi connectivity index (χ2v) is 6.78. The number of carbonyl (C=O) groups excluding carboxylic acids is 1. The standard InChI is InChI=1S/C22H14N2OS/c23-14-16-5-1-2-6-18(16)19-7-3-4-8-20(19)22(25)24-17-9-10-21-15(13-17)11-12-26-21/h1-13H,(H,24,25). The van der Waals surface area contributed by atoms with Crippen LogP contribution in [-0.4, -0.2) is 5.91 Å². The van der Waals surface area contributed by atoms with E-state index in [0.29, 0.717) is 11.1 Å². The summed E-state index contributed by atoms with van der Waals surface area (Å²) in [6.45, 7) is 0. The maximum atomic E-state index is 12.9. The highest BCUT2D eigenvalue weighted by Crippen LogP contribution is 2.28. The van der Waals surface area contributed by atoms with E-state index in [1.54, 1.807) is 23.5 Å². The third-order valence-corrected chi connectivity index (χ3v) is 5.12. The lowest BCUT2D eigenvalue weighted by molar-refractivity contribution is 0.102. The summed E-state index contributed by atoms with van der Waals surface area (Å²) in [7, 11) is 0. The molecule has 0 saturated carbocycles. The van der Waals surface area contributed by atoms with Crippen molar-refractivity contribution in [3.63, 3.8) is 0 Å². The van der Waals surface area contributed by atoms with Crippen molar-refractivity contribution >= 4 is 33.0 Å². The molecule has 124 valence electrons. The minimum Gasteiger partial charge on any atom is -0.322 e. The van der Waals surface area contributed by atoms with Crippen molar-refractivity contribution in [3.05, 3.63) is 89.3 Å². The molecule has 1 aromatic heterocycles. The summed E-state index contributed by atoms with van der Waals surface area (Å²) in [4.78, 5) is 12.9. The van der Waals surface area contributed by atoms with Crippen molar-refractivity contribution in [2.24, 2.45) is 0 Å². The fraction of sp³-hybridized carbons (Fsp3) is 0. The van der Waals surface area contributed by atoms with Crippen molar-refractivity contribution in [1.29, 1.82) is 5.26 Å². The second-order valence-electron chi connectivity index (χ2n) is 5.83. The number of amides is 1. The van der Waals surface area contributed by atoms with Crippen molar-refractivity contribution in [2.75, 3.05) is 5.32 Å². The molecule has 1 N–H and O–H groups in total. The molecule has 4 rings (SSSR count). The number of nitriles is 1. The van der Waals surface area contributed by atoms with Crippen molar-refractivity contribution < 1.29 is 4.79 Å². The summed E-state index contributed by atoms with van der Waals surface area (Å²) in [5.41, 5.74) is 3.35. The number of thiophene rings is 1. The number of anilines is 1. The van der Waals surface area contributed by atoms with Crippen LogP contribution < -0.4 is 5.32 Å². The summed E-state index contributed by atoms with van der Waals surface area (Å²) in [6, 6.07) is 24.8. The highest BCUT2D eigenvalue weighted by molar-refractivity contribution is 7.17. The van der Waals surface area contributed by atoms with Crippen LogP contribution in [0.1, 0.15) is 15.9 Å². The predicted octanol–water partition coefficient (Wildman–Crippen LogP) is 5.69. The summed E-state index contributed by atoms with van der Waals surface area (Å²) >= 11 is 1.67. The van der Waals surface area contributed by atoms with Crippen LogP contribution in [0.4, 0.5) is 5.69 Å². The molecule has 0 aliphatic rings. The zero-order chi connectivity index (χ0) is 17.9. The molecular formula is C22H14N2OS. The van der Waals surface area contributed by atoms with E-state index in [0.717, 1.165) is 22.2 Å². The van der Waals surface area contributed by atoms with Crippen LogP contribution in [0.3, 0.4) is 0 Å². The molecule has 1 amide bonds. The monoisotopic (exact) mass is 354 g/mol. The highest BCUT2D eigenvalue weighted by atomic mass is 32.1. The molecule has 3 aromatic carbocycles. The summed E-state index contributed by atoms with van der Waals surface area (Å²) in [5, 5.41) is 15.5. The van der Waals surface area contributed by atoms with Gasteiger partial charge < -0.3 is 5.32 Å². The highest BCUT2D eigenvalue weighted by Gasteiger charge is 2.15. The number of nitrogens with zero attached hydrogens (tertiary/aromatic N) is 1. The van der Waals surface area contributed by atoms with Crippen molar-refractivity contribution in [3.8, 4) is 17.2 Å². The maximum absolute atomic E-state index is 12.9. The zero-order valence-corrected chi connectivity index (χ0v) is 14.6. The Morgan fingerprint density at radius 3 is 2.54 bits per heavy atom. The molecule has 3 nitrogen and oxygen atoms in total. The molecule has 0 aliphatic heterocycles. The van der Waals surface area contributed by atoms with Crippen LogP contribution in [0.15, 0.2) is 78.2 Å². The van der Waals surface area contributed by atoms with Crippen molar-refractivity contribution in [1.82, 2.24) is 0 Å². The lowest BCUT2D eigenvalue weighted by Gasteiger charge is -2.11. The molecule has 0 atom stereocenters. The van der Waals surface area contributed by atoms with Gasteiger partial charge in [-0.05, 0) is 52.7 Å². The Hall–Kier alpha value is -3.42. The third kappa shape index (κ3) is 2.97. The van der Waals surface area contributed by atoms with Gasteiger partial charge in [-0.2, -0.15) is 5.26 Å². The van der Waals surface area contributed by atoms with E-state index < -0.39 is 0 Å². The second kappa shape index (κ2) is 6.83. The van der Waals surface area contributed by atoms with Gasteiger partial charge in [0.05, 0.1) is 11.6 Å². The molecule has 0 bridgehead atoms. The van der Waals surface area contributed by atoms with Gasteiger partial charge in [0.2, 0.25) is 0 Å². The van der Waals surface area contributed by atoms with E-state index in [1.165, 1.54) is 4.70 Å². The molecule has 0 saturated heterocycles. The van der Waals surface area contributed by atoms with Crippen LogP contribution in [0.25, 0.3) is 21.2 Å². The Labute approximate surface area is 155 Å². The molecule has 0 radical (unpaired) electrons. The number of rotatable bonds is 3. The van der Waals surface area contributed by atoms with Gasteiger partial charge in [-0.25, -0.2) is 0 Å². The van der Waals surface area contributed by atoms with Gasteiger partial charge in [0.1, 0.15) is 0 Å². The molecule has 4 heteroatoms. The van der Waals surface area contributed by atoms with Crippen LogP contribution >= 0.6 is 11.3 Å². The van der Waals surface area contributed by atoms with Gasteiger partial charge in [-0.1, -0.05) is 36.4 Å². The first-order valence-corrected chi connectivity index (χ1v) is 9.01. The van der Waals surface area contributed by atoms with Crippen LogP contribution in [-0.2, 0) is 0 Å². The molecular weight excluding hydrogens is 340 g/mol. The minimum atomic E-state index is -0.192. The zero-order valence-electron chi connectivity index (χ0n) is 13.8. The fourth-order valence-corrected chi connectivity index (χ4v) is 3.75. The molecule has 0 fully saturated rings. The topological polar surface area (TPSA) is 52.9 Å². The van der Waals surface area contributed by atoms with E-state index in [1.807, 2.05) is 66.0 Å². The summed E-state index contributed by atoms with van der Waals surface area (Å²) < 4.78 is 1.19. The molecule has 0 aliphatic carbocycles. The first-order valence-electron chi connectivity index (χ1n) is 8.13. The normalized spacial score (nSPS) is 10.4. The van der Waals surface area contributed by atoms with Gasteiger partial charge >= 0.3 is 0 Å². The lowest BCUT2D eigenvalue weighted by atomic mass is 9.95. The average Bonchev–Trinajstić information content (AvgIpc) is 3.15. The van der Waals surface area contributed by atoms with Crippen LogP contribution in [0.2, 0.25) is 0 Å². The average molecular weight is 354 g/mol. The molecule has 0 unspecified atom stereocenters. The van der Waals surface area contributed by atoms with Gasteiger partial charge in [-0.3, -0.25) is 4.79 Å². The Morgan fingerprint density at radius 2 is 1.69 bits per heavy atom. The van der Waals surface area contributed by atoms with E-state index >= 15 is 0 Å². The number of nitrogens with one attached hydrogen (secondary N) is 1.